The molecular weight excluding hydrogens is 366 g/mol. The second kappa shape index (κ2) is 8.73. The molecule has 3 rings (SSSR count). The molecule has 1 aromatic heterocycles. The summed E-state index contributed by atoms with van der Waals surface area (Å²) < 4.78 is 9.43. The molecule has 0 atom stereocenters. The lowest BCUT2D eigenvalue weighted by Crippen LogP contribution is -2.18. The molecule has 0 aliphatic heterocycles. The molecule has 0 fully saturated rings. The Kier molecular flexibility index (Phi) is 6.14. The Morgan fingerprint density at radius 1 is 1.04 bits per heavy atom. The van der Waals surface area contributed by atoms with Gasteiger partial charge in [0.25, 0.3) is 0 Å². The fourth-order valence-corrected chi connectivity index (χ4v) is 3.81. The van der Waals surface area contributed by atoms with Crippen LogP contribution in [0.2, 0.25) is 0 Å². The summed E-state index contributed by atoms with van der Waals surface area (Å²) in [7, 11) is 0. The fraction of sp³-hybridized carbons (Fsp3) is 0.211. The van der Waals surface area contributed by atoms with Crippen LogP contribution in [0.5, 0.6) is 0 Å². The summed E-state index contributed by atoms with van der Waals surface area (Å²) in [5.74, 6) is 0. The second-order valence-corrected chi connectivity index (χ2v) is 6.91. The van der Waals surface area contributed by atoms with E-state index in [9.17, 15) is 4.79 Å². The van der Waals surface area contributed by atoms with Crippen molar-refractivity contribution in [3.05, 3.63) is 81.4 Å². The maximum absolute atomic E-state index is 11.9. The summed E-state index contributed by atoms with van der Waals surface area (Å²) in [6.45, 7) is 3.23. The molecule has 0 saturated carbocycles. The molecule has 0 radical (unpaired) electrons. The highest BCUT2D eigenvalue weighted by atomic mass is 32.1. The van der Waals surface area contributed by atoms with Crippen LogP contribution in [0.1, 0.15) is 18.1 Å². The van der Waals surface area contributed by atoms with Gasteiger partial charge in [0.05, 0.1) is 19.7 Å². The van der Waals surface area contributed by atoms with Crippen LogP contribution in [0, 0.1) is 4.77 Å². The van der Waals surface area contributed by atoms with Gasteiger partial charge in [-0.25, -0.2) is 4.79 Å². The predicted molar refractivity (Wildman–Crippen MR) is 105 cm³/mol. The van der Waals surface area contributed by atoms with Gasteiger partial charge in [-0.1, -0.05) is 60.7 Å². The molecule has 0 aliphatic rings. The molecule has 2 aromatic carbocycles. The van der Waals surface area contributed by atoms with Gasteiger partial charge in [0.1, 0.15) is 0 Å². The van der Waals surface area contributed by atoms with Crippen molar-refractivity contribution in [3.8, 4) is 0 Å². The number of amides is 1. The number of carbonyl (C=O) groups excluding carboxylic acids is 1. The van der Waals surface area contributed by atoms with Crippen molar-refractivity contribution in [1.82, 2.24) is 8.52 Å². The number of nitrogens with zero attached hydrogens (tertiary/aromatic N) is 3. The molecule has 0 N–H and O–H groups in total. The Bertz CT molecular complexity index is 989. The van der Waals surface area contributed by atoms with E-state index < -0.39 is 6.09 Å². The Labute approximate surface area is 161 Å². The van der Waals surface area contributed by atoms with E-state index in [4.69, 9.17) is 17.0 Å². The lowest BCUT2D eigenvalue weighted by atomic mass is 10.2. The van der Waals surface area contributed by atoms with Crippen molar-refractivity contribution in [3.63, 3.8) is 0 Å². The molecule has 1 heterocycles. The van der Waals surface area contributed by atoms with E-state index in [0.717, 1.165) is 11.1 Å². The summed E-state index contributed by atoms with van der Waals surface area (Å²) in [4.78, 5) is 16.5. The van der Waals surface area contributed by atoms with E-state index in [2.05, 4.69) is 4.99 Å². The van der Waals surface area contributed by atoms with Crippen molar-refractivity contribution in [2.24, 2.45) is 4.99 Å². The largest absolute Gasteiger partial charge is 0.448 e. The number of ether oxygens (including phenoxy) is 1. The summed E-state index contributed by atoms with van der Waals surface area (Å²) in [6, 6.07) is 20.0. The van der Waals surface area contributed by atoms with Crippen molar-refractivity contribution >= 4 is 29.8 Å². The molecule has 0 unspecified atom stereocenters. The first-order valence-electron chi connectivity index (χ1n) is 8.27. The Hall–Kier alpha value is -2.51. The van der Waals surface area contributed by atoms with Gasteiger partial charge in [-0.15, -0.1) is 4.99 Å². The van der Waals surface area contributed by atoms with Crippen molar-refractivity contribution in [2.45, 2.75) is 20.0 Å². The monoisotopic (exact) mass is 385 g/mol. The van der Waals surface area contributed by atoms with Gasteiger partial charge in [0, 0.05) is 0 Å². The lowest BCUT2D eigenvalue weighted by molar-refractivity contribution is 0.162. The highest BCUT2D eigenvalue weighted by molar-refractivity contribution is 7.71. The third-order valence-corrected chi connectivity index (χ3v) is 5.23. The van der Waals surface area contributed by atoms with Crippen LogP contribution in [0.3, 0.4) is 0 Å². The van der Waals surface area contributed by atoms with Crippen LogP contribution in [0.4, 0.5) is 4.79 Å². The van der Waals surface area contributed by atoms with E-state index in [1.54, 1.807) is 6.92 Å². The van der Waals surface area contributed by atoms with E-state index in [0.29, 0.717) is 22.7 Å². The molecule has 0 saturated heterocycles. The minimum absolute atomic E-state index is 0.289. The number of carbonyl (C=O) groups is 1. The minimum atomic E-state index is -0.600. The normalized spacial score (nSPS) is 11.5. The Morgan fingerprint density at radius 2 is 1.62 bits per heavy atom. The number of aromatic nitrogens is 2. The van der Waals surface area contributed by atoms with Crippen molar-refractivity contribution in [1.29, 1.82) is 0 Å². The second-order valence-electron chi connectivity index (χ2n) is 5.56. The average Bonchev–Trinajstić information content (AvgIpc) is 2.92. The average molecular weight is 386 g/mol. The van der Waals surface area contributed by atoms with Crippen molar-refractivity contribution in [2.75, 3.05) is 6.61 Å². The minimum Gasteiger partial charge on any atom is -0.448 e. The smallest absolute Gasteiger partial charge is 0.436 e. The van der Waals surface area contributed by atoms with Gasteiger partial charge in [-0.05, 0) is 41.8 Å². The maximum Gasteiger partial charge on any atom is 0.436 e. The van der Waals surface area contributed by atoms with E-state index in [1.165, 1.54) is 11.5 Å². The van der Waals surface area contributed by atoms with Crippen LogP contribution in [-0.4, -0.2) is 21.2 Å². The molecule has 26 heavy (non-hydrogen) atoms. The highest BCUT2D eigenvalue weighted by Gasteiger charge is 2.09. The summed E-state index contributed by atoms with van der Waals surface area (Å²) in [5.41, 5.74) is 2.23. The molecule has 5 nitrogen and oxygen atoms in total. The summed E-state index contributed by atoms with van der Waals surface area (Å²) in [5, 5.41) is 0. The van der Waals surface area contributed by atoms with Crippen LogP contribution >= 0.6 is 23.8 Å². The number of rotatable bonds is 5. The maximum atomic E-state index is 11.9. The first kappa shape index (κ1) is 18.3. The van der Waals surface area contributed by atoms with Crippen LogP contribution < -0.4 is 4.80 Å². The Morgan fingerprint density at radius 3 is 2.19 bits per heavy atom. The molecule has 1 amide bonds. The van der Waals surface area contributed by atoms with Crippen LogP contribution in [-0.2, 0) is 17.8 Å². The predicted octanol–water partition coefficient (Wildman–Crippen LogP) is 4.23. The third kappa shape index (κ3) is 4.56. The summed E-state index contributed by atoms with van der Waals surface area (Å²) in [6.07, 6.45) is -0.600. The Balaban J connectivity index is 2.02. The van der Waals surface area contributed by atoms with Gasteiger partial charge in [0.2, 0.25) is 4.80 Å². The lowest BCUT2D eigenvalue weighted by Gasteiger charge is -2.04. The van der Waals surface area contributed by atoms with Gasteiger partial charge in [0.15, 0.2) is 4.77 Å². The molecule has 0 bridgehead atoms. The van der Waals surface area contributed by atoms with E-state index in [1.807, 2.05) is 69.2 Å². The first-order chi connectivity index (χ1) is 12.7. The van der Waals surface area contributed by atoms with Gasteiger partial charge in [-0.2, -0.15) is 0 Å². The number of hydrogen-bond acceptors (Lipinski definition) is 4. The molecule has 0 aliphatic carbocycles. The molecule has 7 heteroatoms. The zero-order valence-corrected chi connectivity index (χ0v) is 16.0. The van der Waals surface area contributed by atoms with Gasteiger partial charge >= 0.3 is 6.09 Å². The molecule has 3 aromatic rings. The SMILES string of the molecule is CCOC(=O)/N=c1\sn(Cc2ccccc2)c(=S)n1Cc1ccccc1. The summed E-state index contributed by atoms with van der Waals surface area (Å²) >= 11 is 7.02. The third-order valence-electron chi connectivity index (χ3n) is 3.67. The van der Waals surface area contributed by atoms with E-state index in [-0.39, 0.29) is 6.61 Å². The zero-order valence-electron chi connectivity index (χ0n) is 14.4. The van der Waals surface area contributed by atoms with Gasteiger partial charge < -0.3 is 4.74 Å². The van der Waals surface area contributed by atoms with E-state index >= 15 is 0 Å². The quantitative estimate of drug-likeness (QED) is 0.618. The highest BCUT2D eigenvalue weighted by Crippen LogP contribution is 2.09. The standard InChI is InChI=1S/C19H19N3O2S2/c1-2-24-18(23)20-17-21(13-15-9-5-3-6-10-15)19(25)22(26-17)14-16-11-7-4-8-12-16/h3-12H,2,13-14H2,1H3/b20-17-. The van der Waals surface area contributed by atoms with Crippen LogP contribution in [0.15, 0.2) is 65.7 Å². The number of hydrogen-bond donors (Lipinski definition) is 0. The number of benzene rings is 2. The van der Waals surface area contributed by atoms with Crippen molar-refractivity contribution < 1.29 is 9.53 Å². The fourth-order valence-electron chi connectivity index (χ4n) is 2.47. The van der Waals surface area contributed by atoms with Crippen LogP contribution in [0.25, 0.3) is 0 Å². The zero-order chi connectivity index (χ0) is 18.4. The molecule has 134 valence electrons. The first-order valence-corrected chi connectivity index (χ1v) is 9.46. The topological polar surface area (TPSA) is 48.5 Å². The molecule has 0 spiro atoms. The van der Waals surface area contributed by atoms with Gasteiger partial charge in [-0.3, -0.25) is 8.52 Å². The molecular formula is C19H19N3O2S2.